The quantitative estimate of drug-likeness (QED) is 0.0179. The molecule has 15 heteroatoms. The standard InChI is InChI=1S/C37H30BrN3O10S/c38-20-28(43)31(37(47)50-21-23-16-18-27(19-17-23)41(48)49)40-34(45)30(35(40)52-22-42)39-33(44)29(24-10-4-1-5-11-24)36(46)51-32(25-12-6-2-7-13-25)26-14-8-3-9-15-26/h1-19,22,29-30,32,35,43H,20-21H2,(H,39,44). The summed E-state index contributed by atoms with van der Waals surface area (Å²) in [6.07, 6.45) is -0.870. The summed E-state index contributed by atoms with van der Waals surface area (Å²) in [4.78, 5) is 77.8. The number of halogens is 1. The first kappa shape index (κ1) is 37.5. The van der Waals surface area contributed by atoms with Crippen molar-refractivity contribution in [1.82, 2.24) is 10.2 Å². The number of nitrogens with one attached hydrogen (secondary N) is 1. The lowest BCUT2D eigenvalue weighted by Gasteiger charge is -2.46. The fourth-order valence-corrected chi connectivity index (χ4v) is 6.48. The molecule has 1 aliphatic rings. The van der Waals surface area contributed by atoms with Crippen molar-refractivity contribution in [1.29, 1.82) is 0 Å². The Balaban J connectivity index is 1.37. The maximum atomic E-state index is 14.0. The van der Waals surface area contributed by atoms with Crippen LogP contribution < -0.4 is 5.32 Å². The molecule has 2 amide bonds. The molecule has 2 N–H and O–H groups in total. The lowest BCUT2D eigenvalue weighted by Crippen LogP contribution is -2.70. The number of aliphatic hydroxyl groups is 1. The number of allylic oxidation sites excluding steroid dienone is 1. The highest BCUT2D eigenvalue weighted by atomic mass is 79.9. The predicted molar refractivity (Wildman–Crippen MR) is 193 cm³/mol. The van der Waals surface area contributed by atoms with Crippen molar-refractivity contribution in [3.63, 3.8) is 0 Å². The number of carbonyl (C=O) groups excluding carboxylic acids is 5. The first-order valence-electron chi connectivity index (χ1n) is 15.6. The molecule has 0 aliphatic carbocycles. The number of nitro benzene ring substituents is 1. The number of esters is 2. The molecule has 0 bridgehead atoms. The van der Waals surface area contributed by atoms with E-state index in [-0.39, 0.29) is 23.2 Å². The first-order valence-corrected chi connectivity index (χ1v) is 17.7. The van der Waals surface area contributed by atoms with E-state index in [2.05, 4.69) is 21.2 Å². The van der Waals surface area contributed by atoms with Crippen LogP contribution in [-0.2, 0) is 40.1 Å². The summed E-state index contributed by atoms with van der Waals surface area (Å²) in [6, 6.07) is 29.9. The van der Waals surface area contributed by atoms with Gasteiger partial charge in [0.25, 0.3) is 11.6 Å². The van der Waals surface area contributed by atoms with Crippen LogP contribution in [0.2, 0.25) is 0 Å². The van der Waals surface area contributed by atoms with Gasteiger partial charge in [0.15, 0.2) is 23.3 Å². The summed E-state index contributed by atoms with van der Waals surface area (Å²) in [5.41, 5.74) is 1.64. The maximum Gasteiger partial charge on any atom is 0.358 e. The summed E-state index contributed by atoms with van der Waals surface area (Å²) in [7, 11) is 0. The zero-order valence-electron chi connectivity index (χ0n) is 27.1. The van der Waals surface area contributed by atoms with Gasteiger partial charge in [-0.15, -0.1) is 0 Å². The van der Waals surface area contributed by atoms with Gasteiger partial charge < -0.3 is 19.9 Å². The minimum absolute atomic E-state index is 0.171. The monoisotopic (exact) mass is 787 g/mol. The molecule has 0 aromatic heterocycles. The van der Waals surface area contributed by atoms with E-state index in [0.29, 0.717) is 34.1 Å². The zero-order chi connectivity index (χ0) is 37.2. The molecular formula is C37H30BrN3O10S. The Kier molecular flexibility index (Phi) is 12.5. The molecule has 3 unspecified atom stereocenters. The van der Waals surface area contributed by atoms with Crippen molar-refractivity contribution in [2.24, 2.45) is 0 Å². The third kappa shape index (κ3) is 8.55. The summed E-state index contributed by atoms with van der Waals surface area (Å²) < 4.78 is 11.3. The number of nitrogens with zero attached hydrogens (tertiary/aromatic N) is 2. The van der Waals surface area contributed by atoms with Crippen LogP contribution in [0.5, 0.6) is 0 Å². The number of alkyl halides is 1. The number of thioether (sulfide) groups is 1. The van der Waals surface area contributed by atoms with Crippen molar-refractivity contribution in [3.8, 4) is 0 Å². The number of benzene rings is 4. The number of nitro groups is 1. The average Bonchev–Trinajstić information content (AvgIpc) is 3.17. The second-order valence-electron chi connectivity index (χ2n) is 11.2. The van der Waals surface area contributed by atoms with Crippen LogP contribution in [0.15, 0.2) is 127 Å². The Hall–Kier alpha value is -5.80. The summed E-state index contributed by atoms with van der Waals surface area (Å²) in [6.45, 7) is -0.364. The highest BCUT2D eigenvalue weighted by molar-refractivity contribution is 9.09. The van der Waals surface area contributed by atoms with Crippen molar-refractivity contribution in [2.75, 3.05) is 5.33 Å². The van der Waals surface area contributed by atoms with E-state index in [1.54, 1.807) is 78.9 Å². The number of hydrogen-bond acceptors (Lipinski definition) is 11. The van der Waals surface area contributed by atoms with Gasteiger partial charge in [0, 0.05) is 12.1 Å². The second kappa shape index (κ2) is 17.4. The molecule has 266 valence electrons. The fourth-order valence-electron chi connectivity index (χ4n) is 5.43. The number of amides is 2. The molecule has 3 atom stereocenters. The van der Waals surface area contributed by atoms with Crippen LogP contribution in [0.1, 0.15) is 34.3 Å². The van der Waals surface area contributed by atoms with E-state index in [9.17, 15) is 39.2 Å². The zero-order valence-corrected chi connectivity index (χ0v) is 29.5. The van der Waals surface area contributed by atoms with Crippen molar-refractivity contribution in [3.05, 3.63) is 159 Å². The van der Waals surface area contributed by atoms with Gasteiger partial charge in [0.2, 0.25) is 5.91 Å². The van der Waals surface area contributed by atoms with Gasteiger partial charge in [-0.25, -0.2) is 4.79 Å². The Morgan fingerprint density at radius 3 is 1.94 bits per heavy atom. The third-order valence-corrected chi connectivity index (χ3v) is 9.36. The highest BCUT2D eigenvalue weighted by Gasteiger charge is 2.53. The smallest absolute Gasteiger partial charge is 0.358 e. The van der Waals surface area contributed by atoms with Gasteiger partial charge in [-0.05, 0) is 34.4 Å². The van der Waals surface area contributed by atoms with Crippen LogP contribution in [0, 0.1) is 10.1 Å². The highest BCUT2D eigenvalue weighted by Crippen LogP contribution is 2.36. The van der Waals surface area contributed by atoms with Crippen LogP contribution in [0.3, 0.4) is 0 Å². The van der Waals surface area contributed by atoms with E-state index in [0.717, 1.165) is 4.90 Å². The van der Waals surface area contributed by atoms with Crippen molar-refractivity contribution < 1.29 is 43.5 Å². The van der Waals surface area contributed by atoms with E-state index in [1.807, 2.05) is 12.1 Å². The molecule has 1 fully saturated rings. The molecule has 0 saturated carbocycles. The molecule has 4 aromatic carbocycles. The third-order valence-electron chi connectivity index (χ3n) is 7.96. The lowest BCUT2D eigenvalue weighted by molar-refractivity contribution is -0.384. The molecule has 52 heavy (non-hydrogen) atoms. The van der Waals surface area contributed by atoms with E-state index < -0.39 is 63.6 Å². The molecule has 0 spiro atoms. The Morgan fingerprint density at radius 2 is 1.44 bits per heavy atom. The van der Waals surface area contributed by atoms with Crippen LogP contribution in [-0.4, -0.2) is 61.0 Å². The molecule has 5 rings (SSSR count). The second-order valence-corrected chi connectivity index (χ2v) is 12.7. The fraction of sp³-hybridized carbons (Fsp3) is 0.162. The molecule has 13 nitrogen and oxygen atoms in total. The van der Waals surface area contributed by atoms with Crippen LogP contribution in [0.4, 0.5) is 5.69 Å². The number of β-lactam (4-membered cyclic amide) rings is 1. The molecular weight excluding hydrogens is 758 g/mol. The van der Waals surface area contributed by atoms with E-state index in [4.69, 9.17) is 9.47 Å². The topological polar surface area (TPSA) is 182 Å². The summed E-state index contributed by atoms with van der Waals surface area (Å²) >= 11 is 3.61. The number of aliphatic hydroxyl groups excluding tert-OH is 1. The Bertz CT molecular complexity index is 1920. The minimum atomic E-state index is -1.54. The average molecular weight is 789 g/mol. The van der Waals surface area contributed by atoms with Crippen molar-refractivity contribution in [2.45, 2.75) is 30.0 Å². The first-order chi connectivity index (χ1) is 25.1. The largest absolute Gasteiger partial charge is 0.509 e. The van der Waals surface area contributed by atoms with Crippen LogP contribution in [0.25, 0.3) is 0 Å². The van der Waals surface area contributed by atoms with Gasteiger partial charge in [0.05, 0.1) is 10.3 Å². The number of non-ortho nitro benzene ring substituents is 1. The Morgan fingerprint density at radius 1 is 0.904 bits per heavy atom. The lowest BCUT2D eigenvalue weighted by atomic mass is 9.96. The normalized spacial score (nSPS) is 16.2. The summed E-state index contributed by atoms with van der Waals surface area (Å²) in [5.74, 6) is -5.95. The number of hydrogen-bond donors (Lipinski definition) is 2. The van der Waals surface area contributed by atoms with Gasteiger partial charge in [-0.2, -0.15) is 0 Å². The van der Waals surface area contributed by atoms with Gasteiger partial charge in [-0.3, -0.25) is 34.2 Å². The van der Waals surface area contributed by atoms with E-state index in [1.165, 1.54) is 24.3 Å². The van der Waals surface area contributed by atoms with Gasteiger partial charge >= 0.3 is 11.9 Å². The van der Waals surface area contributed by atoms with E-state index >= 15 is 0 Å². The number of likely N-dealkylation sites (tertiary alicyclic amines) is 1. The number of carbonyl (C=O) groups is 5. The molecule has 1 heterocycles. The maximum absolute atomic E-state index is 14.0. The van der Waals surface area contributed by atoms with Crippen LogP contribution >= 0.6 is 27.7 Å². The summed E-state index contributed by atoms with van der Waals surface area (Å²) in [5, 5.41) is 22.7. The van der Waals surface area contributed by atoms with Crippen molar-refractivity contribution >= 4 is 62.8 Å². The molecule has 1 saturated heterocycles. The molecule has 1 aliphatic heterocycles. The van der Waals surface area contributed by atoms with Gasteiger partial charge in [-0.1, -0.05) is 119 Å². The predicted octanol–water partition coefficient (Wildman–Crippen LogP) is 5.50. The number of ether oxygens (including phenoxy) is 2. The molecule has 0 radical (unpaired) electrons. The Labute approximate surface area is 309 Å². The molecule has 4 aromatic rings. The van der Waals surface area contributed by atoms with Gasteiger partial charge in [0.1, 0.15) is 23.8 Å². The SMILES string of the molecule is O=CSC1C(NC(=O)C(C(=O)OC(c2ccccc2)c2ccccc2)c2ccccc2)C(=O)N1C(C(=O)OCc1ccc([N+](=O)[O-])cc1)=C(O)CBr. The number of rotatable bonds is 15. The minimum Gasteiger partial charge on any atom is -0.509 e.